The van der Waals surface area contributed by atoms with Crippen LogP contribution in [0.25, 0.3) is 0 Å². The Morgan fingerprint density at radius 1 is 0.970 bits per heavy atom. The van der Waals surface area contributed by atoms with Gasteiger partial charge in [0.1, 0.15) is 17.4 Å². The Morgan fingerprint density at radius 3 is 2.30 bits per heavy atom. The van der Waals surface area contributed by atoms with Crippen LogP contribution in [0.1, 0.15) is 21.5 Å². The van der Waals surface area contributed by atoms with Crippen LogP contribution in [0, 0.1) is 10.1 Å². The number of nitrogens with one attached hydrogen (secondary N) is 1. The topological polar surface area (TPSA) is 108 Å². The van der Waals surface area contributed by atoms with Crippen molar-refractivity contribution in [1.82, 2.24) is 19.6 Å². The van der Waals surface area contributed by atoms with Crippen LogP contribution < -0.4 is 5.32 Å². The first-order chi connectivity index (χ1) is 15.8. The fourth-order valence-electron chi connectivity index (χ4n) is 3.07. The lowest BCUT2D eigenvalue weighted by Gasteiger charge is -2.07. The van der Waals surface area contributed by atoms with Crippen molar-refractivity contribution in [2.45, 2.75) is 13.1 Å². The van der Waals surface area contributed by atoms with Crippen molar-refractivity contribution in [3.8, 4) is 0 Å². The zero-order chi connectivity index (χ0) is 23.5. The van der Waals surface area contributed by atoms with Crippen LogP contribution in [0.5, 0.6) is 0 Å². The van der Waals surface area contributed by atoms with Gasteiger partial charge in [0.05, 0.1) is 18.0 Å². The summed E-state index contributed by atoms with van der Waals surface area (Å²) in [6.07, 6.45) is 4.10. The van der Waals surface area contributed by atoms with Crippen molar-refractivity contribution in [1.29, 1.82) is 0 Å². The third-order valence-electron chi connectivity index (χ3n) is 4.72. The van der Waals surface area contributed by atoms with Gasteiger partial charge >= 0.3 is 5.69 Å². The molecule has 0 saturated carbocycles. The van der Waals surface area contributed by atoms with Gasteiger partial charge in [-0.3, -0.25) is 24.3 Å². The molecular weight excluding hydrogens is 491 g/mol. The number of aromatic nitrogens is 4. The second-order valence-electron chi connectivity index (χ2n) is 7.03. The van der Waals surface area contributed by atoms with E-state index in [0.717, 1.165) is 5.56 Å². The molecule has 9 nitrogen and oxygen atoms in total. The molecular formula is C21H15Cl3N6O3. The third kappa shape index (κ3) is 5.33. The number of rotatable bonds is 7. The third-order valence-corrected chi connectivity index (χ3v) is 5.71. The van der Waals surface area contributed by atoms with Crippen molar-refractivity contribution in [2.24, 2.45) is 0 Å². The Bertz CT molecular complexity index is 1310. The van der Waals surface area contributed by atoms with Crippen LogP contribution in [0.3, 0.4) is 0 Å². The van der Waals surface area contributed by atoms with Crippen LogP contribution in [0.15, 0.2) is 61.1 Å². The maximum atomic E-state index is 12.6. The summed E-state index contributed by atoms with van der Waals surface area (Å²) in [7, 11) is 0. The van der Waals surface area contributed by atoms with Gasteiger partial charge in [0, 0.05) is 27.4 Å². The van der Waals surface area contributed by atoms with Crippen molar-refractivity contribution < 1.29 is 9.72 Å². The smallest absolute Gasteiger partial charge is 0.304 e. The van der Waals surface area contributed by atoms with E-state index in [0.29, 0.717) is 27.7 Å². The molecule has 0 saturated heterocycles. The molecule has 4 aromatic rings. The average molecular weight is 506 g/mol. The number of halogens is 3. The molecule has 0 bridgehead atoms. The molecule has 0 aliphatic heterocycles. The first-order valence-corrected chi connectivity index (χ1v) is 10.7. The monoisotopic (exact) mass is 504 g/mol. The minimum Gasteiger partial charge on any atom is -0.304 e. The molecule has 1 N–H and O–H groups in total. The Hall–Kier alpha value is -3.40. The quantitative estimate of drug-likeness (QED) is 0.271. The maximum absolute atomic E-state index is 12.6. The lowest BCUT2D eigenvalue weighted by Crippen LogP contribution is -2.13. The van der Waals surface area contributed by atoms with Gasteiger partial charge in [-0.1, -0.05) is 53.0 Å². The number of hydrogen-bond acceptors (Lipinski definition) is 5. The lowest BCUT2D eigenvalue weighted by atomic mass is 10.1. The van der Waals surface area contributed by atoms with Crippen LogP contribution in [-0.4, -0.2) is 30.4 Å². The molecule has 33 heavy (non-hydrogen) atoms. The Labute approximate surface area is 202 Å². The van der Waals surface area contributed by atoms with Gasteiger partial charge in [-0.2, -0.15) is 10.2 Å². The van der Waals surface area contributed by atoms with Gasteiger partial charge < -0.3 is 5.32 Å². The number of carbonyl (C=O) groups is 1. The van der Waals surface area contributed by atoms with E-state index in [1.165, 1.54) is 21.8 Å². The minimum absolute atomic E-state index is 0.0841. The number of nitro groups is 1. The van der Waals surface area contributed by atoms with Crippen LogP contribution in [-0.2, 0) is 13.1 Å². The van der Waals surface area contributed by atoms with Gasteiger partial charge in [0.15, 0.2) is 5.82 Å². The highest BCUT2D eigenvalue weighted by Crippen LogP contribution is 2.27. The maximum Gasteiger partial charge on any atom is 0.307 e. The van der Waals surface area contributed by atoms with Crippen LogP contribution in [0.2, 0.25) is 15.1 Å². The van der Waals surface area contributed by atoms with Crippen molar-refractivity contribution in [2.75, 3.05) is 5.32 Å². The molecule has 4 rings (SSSR count). The predicted octanol–water partition coefficient (Wildman–Crippen LogP) is 5.30. The van der Waals surface area contributed by atoms with Crippen LogP contribution >= 0.6 is 34.8 Å². The highest BCUT2D eigenvalue weighted by atomic mass is 35.5. The van der Waals surface area contributed by atoms with Gasteiger partial charge in [-0.25, -0.2) is 0 Å². The summed E-state index contributed by atoms with van der Waals surface area (Å²) in [5.74, 6) is -0.183. The number of hydrogen-bond donors (Lipinski definition) is 1. The number of nitrogens with zero attached hydrogens (tertiary/aromatic N) is 5. The first kappa shape index (κ1) is 22.8. The van der Waals surface area contributed by atoms with E-state index in [4.69, 9.17) is 34.8 Å². The molecule has 2 aromatic carbocycles. The summed E-state index contributed by atoms with van der Waals surface area (Å²) in [5, 5.41) is 23.0. The largest absolute Gasteiger partial charge is 0.307 e. The molecule has 0 radical (unpaired) electrons. The van der Waals surface area contributed by atoms with Gasteiger partial charge in [-0.05, 0) is 29.8 Å². The molecule has 0 spiro atoms. The van der Waals surface area contributed by atoms with Gasteiger partial charge in [0.2, 0.25) is 0 Å². The second kappa shape index (κ2) is 9.62. The van der Waals surface area contributed by atoms with E-state index in [9.17, 15) is 14.9 Å². The fourth-order valence-corrected chi connectivity index (χ4v) is 3.78. The SMILES string of the molecule is O=C(Nc1nn(Cc2c(Cl)cccc2Cl)cc1Cl)c1ccc(Cn2cc([N+](=O)[O-])cn2)cc1. The molecule has 2 aromatic heterocycles. The first-order valence-electron chi connectivity index (χ1n) is 9.53. The van der Waals surface area contributed by atoms with E-state index in [1.807, 2.05) is 0 Å². The average Bonchev–Trinajstić information content (AvgIpc) is 3.38. The molecule has 2 heterocycles. The van der Waals surface area contributed by atoms with Crippen LogP contribution in [0.4, 0.5) is 11.5 Å². The Kier molecular flexibility index (Phi) is 6.64. The molecule has 0 aliphatic carbocycles. The minimum atomic E-state index is -0.508. The summed E-state index contributed by atoms with van der Waals surface area (Å²) in [4.78, 5) is 22.9. The van der Waals surface area contributed by atoms with E-state index >= 15 is 0 Å². The zero-order valence-corrected chi connectivity index (χ0v) is 19.1. The van der Waals surface area contributed by atoms with E-state index < -0.39 is 4.92 Å². The summed E-state index contributed by atoms with van der Waals surface area (Å²) < 4.78 is 2.99. The lowest BCUT2D eigenvalue weighted by molar-refractivity contribution is -0.385. The van der Waals surface area contributed by atoms with E-state index in [-0.39, 0.29) is 29.0 Å². The van der Waals surface area contributed by atoms with Gasteiger partial charge in [-0.15, -0.1) is 0 Å². The molecule has 1 amide bonds. The standard InChI is InChI=1S/C21H15Cl3N6O3/c22-17-2-1-3-18(23)16(17)11-29-12-19(24)20(27-29)26-21(31)14-6-4-13(5-7-14)9-28-10-15(8-25-28)30(32)33/h1-8,10,12H,9,11H2,(H,26,27,31). The van der Waals surface area contributed by atoms with E-state index in [2.05, 4.69) is 15.5 Å². The molecule has 0 aliphatic rings. The molecule has 168 valence electrons. The molecule has 12 heteroatoms. The summed E-state index contributed by atoms with van der Waals surface area (Å²) in [5.41, 5.74) is 1.82. The van der Waals surface area contributed by atoms with Crippen molar-refractivity contribution >= 4 is 52.2 Å². The molecule has 0 atom stereocenters. The fraction of sp³-hybridized carbons (Fsp3) is 0.0952. The Morgan fingerprint density at radius 2 is 1.67 bits per heavy atom. The highest BCUT2D eigenvalue weighted by Gasteiger charge is 2.15. The number of carbonyl (C=O) groups excluding carboxylic acids is 1. The number of benzene rings is 2. The highest BCUT2D eigenvalue weighted by molar-refractivity contribution is 6.36. The van der Waals surface area contributed by atoms with Crippen molar-refractivity contribution in [3.05, 3.63) is 103 Å². The zero-order valence-electron chi connectivity index (χ0n) is 16.8. The summed E-state index contributed by atoms with van der Waals surface area (Å²) in [6, 6.07) is 12.0. The van der Waals surface area contributed by atoms with Crippen molar-refractivity contribution in [3.63, 3.8) is 0 Å². The Balaban J connectivity index is 1.42. The second-order valence-corrected chi connectivity index (χ2v) is 8.25. The summed E-state index contributed by atoms with van der Waals surface area (Å²) >= 11 is 18.7. The van der Waals surface area contributed by atoms with Gasteiger partial charge in [0.25, 0.3) is 5.91 Å². The van der Waals surface area contributed by atoms with E-state index in [1.54, 1.807) is 48.7 Å². The predicted molar refractivity (Wildman–Crippen MR) is 125 cm³/mol. The molecule has 0 fully saturated rings. The summed E-state index contributed by atoms with van der Waals surface area (Å²) in [6.45, 7) is 0.616. The molecule has 0 unspecified atom stereocenters. The number of anilines is 1. The normalized spacial score (nSPS) is 10.9. The number of amides is 1.